The Labute approximate surface area is 177 Å². The summed E-state index contributed by atoms with van der Waals surface area (Å²) >= 11 is 1.36. The molecule has 1 aliphatic heterocycles. The number of hydrogen-bond acceptors (Lipinski definition) is 6. The number of rotatable bonds is 5. The Morgan fingerprint density at radius 3 is 2.63 bits per heavy atom. The van der Waals surface area contributed by atoms with Gasteiger partial charge >= 0.3 is 0 Å². The first-order valence-corrected chi connectivity index (χ1v) is 10.3. The van der Waals surface area contributed by atoms with Gasteiger partial charge in [-0.05, 0) is 30.1 Å². The molecule has 2 unspecified atom stereocenters. The third-order valence-electron chi connectivity index (χ3n) is 5.13. The van der Waals surface area contributed by atoms with Crippen LogP contribution in [0.2, 0.25) is 0 Å². The van der Waals surface area contributed by atoms with Gasteiger partial charge in [-0.3, -0.25) is 19.4 Å². The summed E-state index contributed by atoms with van der Waals surface area (Å²) in [6.07, 6.45) is 3.26. The number of primary amides is 1. The summed E-state index contributed by atoms with van der Waals surface area (Å²) in [6, 6.07) is 9.99. The van der Waals surface area contributed by atoms with Crippen LogP contribution in [0.4, 0.5) is 5.69 Å². The van der Waals surface area contributed by atoms with Gasteiger partial charge in [0.15, 0.2) is 5.78 Å². The van der Waals surface area contributed by atoms with Crippen LogP contribution in [-0.4, -0.2) is 58.4 Å². The highest BCUT2D eigenvalue weighted by molar-refractivity contribution is 8.01. The number of para-hydroxylation sites is 1. The highest BCUT2D eigenvalue weighted by Crippen LogP contribution is 2.39. The maximum atomic E-state index is 13.7. The molecular weight excluding hydrogens is 402 g/mol. The summed E-state index contributed by atoms with van der Waals surface area (Å²) in [5.74, 6) is -1.50. The van der Waals surface area contributed by atoms with E-state index in [1.165, 1.54) is 16.8 Å². The SMILES string of the molecule is CN(C)C(=O)c1[nH]c2ccccc2c1C(=O)C1CSN(c2cccnc2)C1C(N)=O. The number of fused-ring (bicyclic) bond motifs is 1. The number of nitrogens with one attached hydrogen (secondary N) is 1. The first kappa shape index (κ1) is 20.0. The highest BCUT2D eigenvalue weighted by Gasteiger charge is 2.45. The second-order valence-corrected chi connectivity index (χ2v) is 8.26. The Morgan fingerprint density at radius 1 is 1.20 bits per heavy atom. The molecule has 3 heterocycles. The van der Waals surface area contributed by atoms with Crippen molar-refractivity contribution in [2.24, 2.45) is 11.7 Å². The fraction of sp³-hybridized carbons (Fsp3) is 0.238. The largest absolute Gasteiger partial charge is 0.368 e. The quantitative estimate of drug-likeness (QED) is 0.480. The standard InChI is InChI=1S/C21H21N5O3S/c1-25(2)21(29)17-16(13-7-3-4-8-15(13)24-17)19(27)14-11-30-26(18(14)20(22)28)12-6-5-9-23-10-12/h3-10,14,18,24H,11H2,1-2H3,(H2,22,28). The minimum atomic E-state index is -0.845. The molecule has 4 rings (SSSR count). The van der Waals surface area contributed by atoms with E-state index in [0.717, 1.165) is 0 Å². The molecule has 1 aliphatic rings. The summed E-state index contributed by atoms with van der Waals surface area (Å²) in [4.78, 5) is 47.4. The third-order valence-corrected chi connectivity index (χ3v) is 6.35. The summed E-state index contributed by atoms with van der Waals surface area (Å²) in [5, 5.41) is 0.653. The van der Waals surface area contributed by atoms with Crippen molar-refractivity contribution >= 4 is 46.1 Å². The summed E-state index contributed by atoms with van der Waals surface area (Å²) in [7, 11) is 3.26. The van der Waals surface area contributed by atoms with Gasteiger partial charge in [-0.15, -0.1) is 0 Å². The van der Waals surface area contributed by atoms with Crippen LogP contribution >= 0.6 is 11.9 Å². The summed E-state index contributed by atoms with van der Waals surface area (Å²) < 4.78 is 1.74. The van der Waals surface area contributed by atoms with Crippen LogP contribution in [0.15, 0.2) is 48.8 Å². The van der Waals surface area contributed by atoms with E-state index < -0.39 is 17.9 Å². The molecule has 9 heteroatoms. The minimum absolute atomic E-state index is 0.222. The number of carbonyl (C=O) groups is 3. The van der Waals surface area contributed by atoms with Gasteiger partial charge in [-0.1, -0.05) is 18.2 Å². The number of Topliss-reactive ketones (excluding diaryl/α,β-unsaturated/α-hetero) is 1. The lowest BCUT2D eigenvalue weighted by Crippen LogP contribution is -2.45. The zero-order valence-electron chi connectivity index (χ0n) is 16.5. The van der Waals surface area contributed by atoms with E-state index in [9.17, 15) is 14.4 Å². The topological polar surface area (TPSA) is 112 Å². The lowest BCUT2D eigenvalue weighted by molar-refractivity contribution is -0.119. The van der Waals surface area contributed by atoms with Crippen molar-refractivity contribution in [1.29, 1.82) is 0 Å². The van der Waals surface area contributed by atoms with Crippen LogP contribution in [0.3, 0.4) is 0 Å². The molecule has 1 fully saturated rings. The Balaban J connectivity index is 1.79. The maximum Gasteiger partial charge on any atom is 0.270 e. The maximum absolute atomic E-state index is 13.7. The van der Waals surface area contributed by atoms with Gasteiger partial charge in [-0.2, -0.15) is 0 Å². The fourth-order valence-electron chi connectivity index (χ4n) is 3.71. The summed E-state index contributed by atoms with van der Waals surface area (Å²) in [6.45, 7) is 0. The number of carbonyl (C=O) groups excluding carboxylic acids is 3. The van der Waals surface area contributed by atoms with Crippen molar-refractivity contribution in [3.63, 3.8) is 0 Å². The predicted molar refractivity (Wildman–Crippen MR) is 116 cm³/mol. The van der Waals surface area contributed by atoms with Crippen LogP contribution in [0.1, 0.15) is 20.8 Å². The molecule has 30 heavy (non-hydrogen) atoms. The molecule has 2 aromatic heterocycles. The van der Waals surface area contributed by atoms with Crippen LogP contribution in [0.5, 0.6) is 0 Å². The molecule has 0 aliphatic carbocycles. The molecule has 154 valence electrons. The second-order valence-electron chi connectivity index (χ2n) is 7.27. The molecule has 0 bridgehead atoms. The molecule has 8 nitrogen and oxygen atoms in total. The smallest absolute Gasteiger partial charge is 0.270 e. The van der Waals surface area contributed by atoms with Crippen molar-refractivity contribution in [1.82, 2.24) is 14.9 Å². The molecule has 0 spiro atoms. The number of nitrogens with zero attached hydrogens (tertiary/aromatic N) is 3. The molecule has 2 amide bonds. The van der Waals surface area contributed by atoms with Gasteiger partial charge in [0, 0.05) is 36.9 Å². The van der Waals surface area contributed by atoms with Gasteiger partial charge in [0.1, 0.15) is 11.7 Å². The Hall–Kier alpha value is -3.33. The van der Waals surface area contributed by atoms with E-state index in [1.54, 1.807) is 42.9 Å². The van der Waals surface area contributed by atoms with Crippen LogP contribution in [0, 0.1) is 5.92 Å². The predicted octanol–water partition coefficient (Wildman–Crippen LogP) is 2.09. The molecule has 0 radical (unpaired) electrons. The Morgan fingerprint density at radius 2 is 1.97 bits per heavy atom. The number of pyridine rings is 1. The lowest BCUT2D eigenvalue weighted by atomic mass is 9.90. The lowest BCUT2D eigenvalue weighted by Gasteiger charge is -2.25. The number of aromatic amines is 1. The van der Waals surface area contributed by atoms with E-state index >= 15 is 0 Å². The number of nitrogens with two attached hydrogens (primary N) is 1. The van der Waals surface area contributed by atoms with Gasteiger partial charge in [-0.25, -0.2) is 0 Å². The summed E-state index contributed by atoms with van der Waals surface area (Å²) in [5.41, 5.74) is 7.63. The first-order chi connectivity index (χ1) is 14.4. The van der Waals surface area contributed by atoms with Gasteiger partial charge in [0.25, 0.3) is 5.91 Å². The number of amides is 2. The van der Waals surface area contributed by atoms with Crippen molar-refractivity contribution < 1.29 is 14.4 Å². The number of hydrogen-bond donors (Lipinski definition) is 2. The minimum Gasteiger partial charge on any atom is -0.368 e. The van der Waals surface area contributed by atoms with E-state index in [1.807, 2.05) is 24.3 Å². The molecule has 3 N–H and O–H groups in total. The highest BCUT2D eigenvalue weighted by atomic mass is 32.2. The van der Waals surface area contributed by atoms with Gasteiger partial charge in [0.05, 0.1) is 23.4 Å². The molecular formula is C21H21N5O3S. The van der Waals surface area contributed by atoms with E-state index in [2.05, 4.69) is 9.97 Å². The number of H-pyrrole nitrogens is 1. The molecule has 0 saturated carbocycles. The molecule has 2 atom stereocenters. The third kappa shape index (κ3) is 3.30. The van der Waals surface area contributed by atoms with Crippen LogP contribution in [-0.2, 0) is 4.79 Å². The van der Waals surface area contributed by atoms with Gasteiger partial charge in [0.2, 0.25) is 5.91 Å². The number of aromatic nitrogens is 2. The van der Waals surface area contributed by atoms with E-state index in [-0.39, 0.29) is 17.4 Å². The zero-order valence-corrected chi connectivity index (χ0v) is 17.3. The Bertz CT molecular complexity index is 1130. The molecule has 1 aromatic carbocycles. The number of anilines is 1. The molecule has 3 aromatic rings. The van der Waals surface area contributed by atoms with Crippen molar-refractivity contribution in [2.75, 3.05) is 24.2 Å². The van der Waals surface area contributed by atoms with Crippen molar-refractivity contribution in [3.05, 3.63) is 60.0 Å². The van der Waals surface area contributed by atoms with Crippen LogP contribution < -0.4 is 10.0 Å². The average Bonchev–Trinajstić information content (AvgIpc) is 3.35. The molecule has 1 saturated heterocycles. The zero-order chi connectivity index (χ0) is 21.4. The van der Waals surface area contributed by atoms with Crippen molar-refractivity contribution in [3.8, 4) is 0 Å². The Kier molecular flexibility index (Phi) is 5.21. The normalized spacial score (nSPS) is 18.5. The fourth-order valence-corrected chi connectivity index (χ4v) is 5.04. The van der Waals surface area contributed by atoms with Crippen LogP contribution in [0.25, 0.3) is 10.9 Å². The van der Waals surface area contributed by atoms with E-state index in [0.29, 0.717) is 27.9 Å². The van der Waals surface area contributed by atoms with E-state index in [4.69, 9.17) is 5.73 Å². The van der Waals surface area contributed by atoms with Gasteiger partial charge < -0.3 is 19.9 Å². The van der Waals surface area contributed by atoms with Crippen molar-refractivity contribution in [2.45, 2.75) is 6.04 Å². The second kappa shape index (κ2) is 7.83. The first-order valence-electron chi connectivity index (χ1n) is 9.38. The average molecular weight is 423 g/mol. The monoisotopic (exact) mass is 423 g/mol. The number of ketones is 1. The number of benzene rings is 1.